The zero-order valence-corrected chi connectivity index (χ0v) is 22.3. The van der Waals surface area contributed by atoms with Gasteiger partial charge in [-0.25, -0.2) is 0 Å². The highest BCUT2D eigenvalue weighted by Crippen LogP contribution is 2.44. The Morgan fingerprint density at radius 3 is 2.45 bits per heavy atom. The van der Waals surface area contributed by atoms with Crippen molar-refractivity contribution in [2.75, 3.05) is 26.9 Å². The van der Waals surface area contributed by atoms with Crippen molar-refractivity contribution in [1.29, 1.82) is 0 Å². The quantitative estimate of drug-likeness (QED) is 0.172. The highest BCUT2D eigenvalue weighted by atomic mass is 16.8. The van der Waals surface area contributed by atoms with Crippen LogP contribution < -0.4 is 14.2 Å². The second kappa shape index (κ2) is 11.8. The number of ketones is 1. The molecule has 9 unspecified atom stereocenters. The molecule has 9 atom stereocenters. The molecule has 2 fully saturated rings. The van der Waals surface area contributed by atoms with Crippen molar-refractivity contribution in [1.82, 2.24) is 0 Å². The number of rotatable bonds is 8. The summed E-state index contributed by atoms with van der Waals surface area (Å²) >= 11 is 0. The van der Waals surface area contributed by atoms with Gasteiger partial charge in [-0.2, -0.15) is 0 Å². The molecule has 15 heteroatoms. The number of phenols is 2. The Morgan fingerprint density at radius 1 is 1.02 bits per heavy atom. The molecule has 0 spiro atoms. The van der Waals surface area contributed by atoms with Gasteiger partial charge >= 0.3 is 0 Å². The molecule has 2 aromatic rings. The van der Waals surface area contributed by atoms with Crippen molar-refractivity contribution in [3.05, 3.63) is 41.5 Å². The number of carbonyl (C=O) groups excluding carboxylic acids is 1. The van der Waals surface area contributed by atoms with Crippen molar-refractivity contribution in [2.45, 2.75) is 61.2 Å². The molecular weight excluding hydrogens is 564 g/mol. The third-order valence-electron chi connectivity index (χ3n) is 7.50. The second-order valence-electron chi connectivity index (χ2n) is 10.3. The van der Waals surface area contributed by atoms with Gasteiger partial charge in [0, 0.05) is 12.1 Å². The van der Waals surface area contributed by atoms with Gasteiger partial charge in [0.1, 0.15) is 58.9 Å². The van der Waals surface area contributed by atoms with Crippen molar-refractivity contribution in [3.63, 3.8) is 0 Å². The molecule has 230 valence electrons. The molecule has 3 aliphatic rings. The summed E-state index contributed by atoms with van der Waals surface area (Å²) in [5.74, 6) is -1.02. The number of carbonyl (C=O) groups is 1. The molecule has 0 saturated carbocycles. The summed E-state index contributed by atoms with van der Waals surface area (Å²) in [5, 5.41) is 81.5. The number of aromatic hydroxyl groups is 2. The smallest absolute Gasteiger partial charge is 0.229 e. The maximum absolute atomic E-state index is 13.0. The van der Waals surface area contributed by atoms with Gasteiger partial charge in [0.25, 0.3) is 0 Å². The van der Waals surface area contributed by atoms with Crippen LogP contribution in [-0.4, -0.2) is 122 Å². The topological polar surface area (TPSA) is 234 Å². The van der Waals surface area contributed by atoms with Crippen LogP contribution in [0.3, 0.4) is 0 Å². The molecule has 5 rings (SSSR count). The summed E-state index contributed by atoms with van der Waals surface area (Å²) in [4.78, 5) is 13.0. The predicted octanol–water partition coefficient (Wildman–Crippen LogP) is -1.54. The Bertz CT molecular complexity index is 1300. The number of aliphatic hydroxyl groups excluding tert-OH is 5. The van der Waals surface area contributed by atoms with E-state index in [-0.39, 0.29) is 35.0 Å². The Hall–Kier alpha value is -3.25. The zero-order valence-electron chi connectivity index (χ0n) is 22.3. The van der Waals surface area contributed by atoms with E-state index in [1.807, 2.05) is 0 Å². The first-order valence-electron chi connectivity index (χ1n) is 13.0. The minimum atomic E-state index is -2.04. The average Bonchev–Trinajstić information content (AvgIpc) is 3.25. The Kier molecular flexibility index (Phi) is 8.48. The van der Waals surface area contributed by atoms with Crippen LogP contribution in [-0.2, 0) is 14.2 Å². The van der Waals surface area contributed by atoms with Gasteiger partial charge in [-0.05, 0) is 17.7 Å². The van der Waals surface area contributed by atoms with Gasteiger partial charge in [0.05, 0.1) is 33.4 Å². The lowest BCUT2D eigenvalue weighted by molar-refractivity contribution is -0.318. The third kappa shape index (κ3) is 5.46. The van der Waals surface area contributed by atoms with Gasteiger partial charge in [-0.1, -0.05) is 6.07 Å². The third-order valence-corrected chi connectivity index (χ3v) is 7.50. The lowest BCUT2D eigenvalue weighted by Gasteiger charge is -2.42. The van der Waals surface area contributed by atoms with E-state index in [1.165, 1.54) is 25.3 Å². The van der Waals surface area contributed by atoms with Gasteiger partial charge in [-0.15, -0.1) is 0 Å². The van der Waals surface area contributed by atoms with E-state index in [0.717, 1.165) is 6.07 Å². The Morgan fingerprint density at radius 2 is 1.79 bits per heavy atom. The Balaban J connectivity index is 1.41. The maximum atomic E-state index is 13.0. The molecule has 42 heavy (non-hydrogen) atoms. The van der Waals surface area contributed by atoms with Crippen LogP contribution in [0.5, 0.6) is 28.7 Å². The lowest BCUT2D eigenvalue weighted by Crippen LogP contribution is -2.62. The van der Waals surface area contributed by atoms with E-state index < -0.39 is 86.2 Å². The van der Waals surface area contributed by atoms with Gasteiger partial charge < -0.3 is 69.3 Å². The SMILES string of the molecule is COc1cc(C2CC(=O)c3c(O)cc(OC4OC(CO)C(O)C(O)C4OC4OCC(O)(CO)C4O)cc3O2)ccc1O. The summed E-state index contributed by atoms with van der Waals surface area (Å²) in [6.45, 7) is -2.06. The van der Waals surface area contributed by atoms with E-state index in [1.54, 1.807) is 6.07 Å². The number of fused-ring (bicyclic) bond motifs is 1. The number of aliphatic hydroxyl groups is 6. The van der Waals surface area contributed by atoms with E-state index in [2.05, 4.69) is 0 Å². The van der Waals surface area contributed by atoms with Crippen LogP contribution in [0.4, 0.5) is 0 Å². The lowest BCUT2D eigenvalue weighted by atomic mass is 9.95. The minimum absolute atomic E-state index is 0.0478. The summed E-state index contributed by atoms with van der Waals surface area (Å²) < 4.78 is 33.4. The summed E-state index contributed by atoms with van der Waals surface area (Å²) in [5.41, 5.74) is -1.63. The highest BCUT2D eigenvalue weighted by Gasteiger charge is 2.53. The van der Waals surface area contributed by atoms with Crippen LogP contribution in [0.2, 0.25) is 0 Å². The first-order chi connectivity index (χ1) is 20.0. The van der Waals surface area contributed by atoms with E-state index in [9.17, 15) is 45.6 Å². The molecule has 3 heterocycles. The molecule has 8 N–H and O–H groups in total. The summed E-state index contributed by atoms with van der Waals surface area (Å²) in [6.07, 6.45) is -12.2. The largest absolute Gasteiger partial charge is 0.507 e. The van der Waals surface area contributed by atoms with Crippen LogP contribution in [0.25, 0.3) is 0 Å². The molecule has 0 aromatic heterocycles. The monoisotopic (exact) mass is 596 g/mol. The fraction of sp³-hybridized carbons (Fsp3) is 0.519. The molecule has 0 radical (unpaired) electrons. The molecule has 15 nitrogen and oxygen atoms in total. The Labute approximate surface area is 238 Å². The van der Waals surface area contributed by atoms with Crippen molar-refractivity contribution >= 4 is 5.78 Å². The number of hydrogen-bond acceptors (Lipinski definition) is 15. The maximum Gasteiger partial charge on any atom is 0.229 e. The van der Waals surface area contributed by atoms with E-state index >= 15 is 0 Å². The van der Waals surface area contributed by atoms with Crippen molar-refractivity contribution in [2.24, 2.45) is 0 Å². The van der Waals surface area contributed by atoms with Crippen molar-refractivity contribution < 1.29 is 74.1 Å². The average molecular weight is 597 g/mol. The van der Waals surface area contributed by atoms with Crippen LogP contribution >= 0.6 is 0 Å². The van der Waals surface area contributed by atoms with Gasteiger partial charge in [0.15, 0.2) is 29.7 Å². The molecule has 0 bridgehead atoms. The molecule has 2 saturated heterocycles. The highest BCUT2D eigenvalue weighted by molar-refractivity contribution is 6.02. The molecular formula is C27H32O15. The van der Waals surface area contributed by atoms with Crippen LogP contribution in [0.1, 0.15) is 28.4 Å². The fourth-order valence-corrected chi connectivity index (χ4v) is 5.06. The van der Waals surface area contributed by atoms with E-state index in [0.29, 0.717) is 5.56 Å². The minimum Gasteiger partial charge on any atom is -0.507 e. The number of ether oxygens (including phenoxy) is 6. The van der Waals surface area contributed by atoms with Gasteiger partial charge in [-0.3, -0.25) is 4.79 Å². The normalized spacial score (nSPS) is 34.5. The molecule has 3 aliphatic heterocycles. The number of phenolic OH excluding ortho intramolecular Hbond substituents is 2. The number of methoxy groups -OCH3 is 1. The number of benzene rings is 2. The standard InChI is InChI=1S/C27H32O15/c1-37-17-4-11(2-3-13(17)30)16-7-15(32)20-14(31)5-12(6-18(20)40-16)39-25-23(22(34)21(33)19(8-28)41-25)42-26-24(35)27(36,9-29)10-38-26/h2-6,16,19,21-26,28-31,33-36H,7-10H2,1H3. The molecule has 0 amide bonds. The van der Waals surface area contributed by atoms with Crippen LogP contribution in [0.15, 0.2) is 30.3 Å². The predicted molar refractivity (Wildman–Crippen MR) is 136 cm³/mol. The number of hydrogen-bond donors (Lipinski definition) is 8. The van der Waals surface area contributed by atoms with Crippen molar-refractivity contribution in [3.8, 4) is 28.7 Å². The summed E-state index contributed by atoms with van der Waals surface area (Å²) in [6, 6.07) is 6.83. The molecule has 0 aliphatic carbocycles. The fourth-order valence-electron chi connectivity index (χ4n) is 5.06. The summed E-state index contributed by atoms with van der Waals surface area (Å²) in [7, 11) is 1.37. The van der Waals surface area contributed by atoms with Crippen LogP contribution in [0, 0.1) is 0 Å². The van der Waals surface area contributed by atoms with E-state index in [4.69, 9.17) is 28.4 Å². The first kappa shape index (κ1) is 30.2. The second-order valence-corrected chi connectivity index (χ2v) is 10.3. The molecule has 2 aromatic carbocycles. The zero-order chi connectivity index (χ0) is 30.3. The van der Waals surface area contributed by atoms with Gasteiger partial charge in [0.2, 0.25) is 6.29 Å². The number of Topliss-reactive ketones (excluding diaryl/α,β-unsaturated/α-hetero) is 1. The first-order valence-corrected chi connectivity index (χ1v) is 13.0.